The van der Waals surface area contributed by atoms with E-state index >= 15 is 0 Å². The van der Waals surface area contributed by atoms with Gasteiger partial charge in [0.25, 0.3) is 5.91 Å². The Morgan fingerprint density at radius 2 is 1.94 bits per heavy atom. The lowest BCUT2D eigenvalue weighted by Crippen LogP contribution is -2.55. The number of carbonyl (C=O) groups excluding carboxylic acids is 1. The summed E-state index contributed by atoms with van der Waals surface area (Å²) in [5.41, 5.74) is -1.37. The van der Waals surface area contributed by atoms with E-state index in [0.717, 1.165) is 44.9 Å². The monoisotopic (exact) mass is 236 g/mol. The molecule has 1 amide bonds. The molecule has 0 aromatic heterocycles. The Morgan fingerprint density at radius 3 is 2.47 bits per heavy atom. The molecule has 94 valence electrons. The smallest absolute Gasteiger partial charge is 0.253 e. The topological polar surface area (TPSA) is 62.1 Å². The maximum atomic E-state index is 12.2. The Balaban J connectivity index is 2.03. The minimum Gasteiger partial charge on any atom is -0.365 e. The Morgan fingerprint density at radius 1 is 1.24 bits per heavy atom. The van der Waals surface area contributed by atoms with Crippen LogP contribution in [0.3, 0.4) is 0 Å². The van der Waals surface area contributed by atoms with E-state index in [9.17, 15) is 10.1 Å². The molecule has 0 bridgehead atoms. The van der Waals surface area contributed by atoms with E-state index in [4.69, 9.17) is 4.74 Å². The molecule has 2 aliphatic rings. The van der Waals surface area contributed by atoms with Gasteiger partial charge in [-0.2, -0.15) is 5.26 Å². The standard InChI is InChI=1S/C13H20N2O2/c1-12(6-5-9-17-12)11(16)15-13(10-14)7-3-2-4-8-13/h2-9H2,1H3,(H,15,16). The number of nitrogens with one attached hydrogen (secondary N) is 1. The molecule has 1 saturated carbocycles. The van der Waals surface area contributed by atoms with Crippen molar-refractivity contribution in [2.75, 3.05) is 6.61 Å². The van der Waals surface area contributed by atoms with Crippen molar-refractivity contribution in [2.24, 2.45) is 0 Å². The third-order valence-corrected chi connectivity index (χ3v) is 3.97. The quantitative estimate of drug-likeness (QED) is 0.796. The molecular formula is C13H20N2O2. The lowest BCUT2D eigenvalue weighted by Gasteiger charge is -2.34. The van der Waals surface area contributed by atoms with Gasteiger partial charge in [0.2, 0.25) is 0 Å². The average Bonchev–Trinajstić information content (AvgIpc) is 2.79. The van der Waals surface area contributed by atoms with Gasteiger partial charge in [0.1, 0.15) is 11.1 Å². The highest BCUT2D eigenvalue weighted by Crippen LogP contribution is 2.30. The fourth-order valence-corrected chi connectivity index (χ4v) is 2.73. The van der Waals surface area contributed by atoms with Crippen LogP contribution in [0.2, 0.25) is 0 Å². The van der Waals surface area contributed by atoms with Crippen LogP contribution in [0.25, 0.3) is 0 Å². The number of nitrogens with zero attached hydrogens (tertiary/aromatic N) is 1. The van der Waals surface area contributed by atoms with E-state index < -0.39 is 11.1 Å². The maximum Gasteiger partial charge on any atom is 0.253 e. The lowest BCUT2D eigenvalue weighted by molar-refractivity contribution is -0.141. The minimum absolute atomic E-state index is 0.113. The predicted octanol–water partition coefficient (Wildman–Crippen LogP) is 1.90. The fourth-order valence-electron chi connectivity index (χ4n) is 2.73. The zero-order valence-corrected chi connectivity index (χ0v) is 10.4. The molecule has 1 aliphatic heterocycles. The molecule has 0 spiro atoms. The first kappa shape index (κ1) is 12.4. The summed E-state index contributed by atoms with van der Waals surface area (Å²) in [7, 11) is 0. The van der Waals surface area contributed by atoms with Gasteiger partial charge in [-0.25, -0.2) is 0 Å². The first-order chi connectivity index (χ1) is 8.10. The third-order valence-electron chi connectivity index (χ3n) is 3.97. The summed E-state index contributed by atoms with van der Waals surface area (Å²) in [5, 5.41) is 12.3. The van der Waals surface area contributed by atoms with Crippen molar-refractivity contribution in [1.82, 2.24) is 5.32 Å². The van der Waals surface area contributed by atoms with Crippen LogP contribution in [-0.2, 0) is 9.53 Å². The normalized spacial score (nSPS) is 31.8. The Bertz CT molecular complexity index is 334. The van der Waals surface area contributed by atoms with Gasteiger partial charge in [0, 0.05) is 6.61 Å². The second kappa shape index (κ2) is 4.66. The van der Waals surface area contributed by atoms with Crippen molar-refractivity contribution in [3.63, 3.8) is 0 Å². The first-order valence-electron chi connectivity index (χ1n) is 6.48. The number of amides is 1. The van der Waals surface area contributed by atoms with Gasteiger partial charge in [-0.3, -0.25) is 4.79 Å². The van der Waals surface area contributed by atoms with Crippen LogP contribution in [0.4, 0.5) is 0 Å². The molecule has 1 atom stereocenters. The van der Waals surface area contributed by atoms with Crippen molar-refractivity contribution in [3.8, 4) is 6.07 Å². The molecule has 0 radical (unpaired) electrons. The van der Waals surface area contributed by atoms with Gasteiger partial charge in [0.05, 0.1) is 6.07 Å². The van der Waals surface area contributed by atoms with E-state index in [2.05, 4.69) is 11.4 Å². The summed E-state index contributed by atoms with van der Waals surface area (Å²) < 4.78 is 5.51. The number of ether oxygens (including phenoxy) is 1. The molecular weight excluding hydrogens is 216 g/mol. The molecule has 0 aromatic carbocycles. The highest BCUT2D eigenvalue weighted by Gasteiger charge is 2.42. The van der Waals surface area contributed by atoms with Crippen LogP contribution in [0.15, 0.2) is 0 Å². The van der Waals surface area contributed by atoms with Crippen LogP contribution in [0, 0.1) is 11.3 Å². The van der Waals surface area contributed by atoms with E-state index in [1.807, 2.05) is 6.92 Å². The fraction of sp³-hybridized carbons (Fsp3) is 0.846. The van der Waals surface area contributed by atoms with Crippen LogP contribution in [0.5, 0.6) is 0 Å². The van der Waals surface area contributed by atoms with Crippen molar-refractivity contribution >= 4 is 5.91 Å². The van der Waals surface area contributed by atoms with Gasteiger partial charge >= 0.3 is 0 Å². The van der Waals surface area contributed by atoms with E-state index in [-0.39, 0.29) is 5.91 Å². The number of carbonyl (C=O) groups is 1. The zero-order chi connectivity index (χ0) is 12.4. The van der Waals surface area contributed by atoms with Crippen molar-refractivity contribution in [2.45, 2.75) is 63.0 Å². The van der Waals surface area contributed by atoms with E-state index in [1.54, 1.807) is 0 Å². The second-order valence-corrected chi connectivity index (χ2v) is 5.39. The molecule has 0 aromatic rings. The molecule has 1 heterocycles. The number of hydrogen-bond donors (Lipinski definition) is 1. The van der Waals surface area contributed by atoms with Gasteiger partial charge in [0.15, 0.2) is 0 Å². The largest absolute Gasteiger partial charge is 0.365 e. The summed E-state index contributed by atoms with van der Waals surface area (Å²) in [4.78, 5) is 12.2. The number of nitriles is 1. The van der Waals surface area contributed by atoms with E-state index in [1.165, 1.54) is 0 Å². The van der Waals surface area contributed by atoms with E-state index in [0.29, 0.717) is 6.61 Å². The Hall–Kier alpha value is -1.08. The number of hydrogen-bond acceptors (Lipinski definition) is 3. The second-order valence-electron chi connectivity index (χ2n) is 5.39. The van der Waals surface area contributed by atoms with Gasteiger partial charge in [-0.1, -0.05) is 19.3 Å². The molecule has 2 rings (SSSR count). The summed E-state index contributed by atoms with van der Waals surface area (Å²) in [6.07, 6.45) is 6.41. The van der Waals surface area contributed by atoms with Crippen molar-refractivity contribution in [1.29, 1.82) is 5.26 Å². The summed E-state index contributed by atoms with van der Waals surface area (Å²) >= 11 is 0. The highest BCUT2D eigenvalue weighted by atomic mass is 16.5. The van der Waals surface area contributed by atoms with Crippen LogP contribution in [0.1, 0.15) is 51.9 Å². The lowest BCUT2D eigenvalue weighted by atomic mass is 9.82. The summed E-state index contributed by atoms with van der Waals surface area (Å²) in [6.45, 7) is 2.46. The Labute approximate surface area is 102 Å². The van der Waals surface area contributed by atoms with Crippen molar-refractivity contribution < 1.29 is 9.53 Å². The average molecular weight is 236 g/mol. The molecule has 4 nitrogen and oxygen atoms in total. The molecule has 17 heavy (non-hydrogen) atoms. The number of rotatable bonds is 2. The van der Waals surface area contributed by atoms with Crippen LogP contribution in [-0.4, -0.2) is 23.7 Å². The summed E-state index contributed by atoms with van der Waals surface area (Å²) in [6, 6.07) is 2.30. The highest BCUT2D eigenvalue weighted by molar-refractivity contribution is 5.86. The van der Waals surface area contributed by atoms with Crippen LogP contribution >= 0.6 is 0 Å². The molecule has 1 saturated heterocycles. The SMILES string of the molecule is CC1(C(=O)NC2(C#N)CCCCC2)CCCO1. The van der Waals surface area contributed by atoms with Crippen molar-refractivity contribution in [3.05, 3.63) is 0 Å². The first-order valence-corrected chi connectivity index (χ1v) is 6.48. The molecule has 4 heteroatoms. The molecule has 1 aliphatic carbocycles. The van der Waals surface area contributed by atoms with Crippen LogP contribution < -0.4 is 5.32 Å². The predicted molar refractivity (Wildman–Crippen MR) is 63.2 cm³/mol. The summed E-state index contributed by atoms with van der Waals surface area (Å²) in [5.74, 6) is -0.113. The molecule has 1 unspecified atom stereocenters. The van der Waals surface area contributed by atoms with Gasteiger partial charge in [-0.05, 0) is 32.6 Å². The minimum atomic E-state index is -0.721. The molecule has 2 fully saturated rings. The molecule has 1 N–H and O–H groups in total. The van der Waals surface area contributed by atoms with Gasteiger partial charge in [-0.15, -0.1) is 0 Å². The zero-order valence-electron chi connectivity index (χ0n) is 10.4. The van der Waals surface area contributed by atoms with Gasteiger partial charge < -0.3 is 10.1 Å². The maximum absolute atomic E-state index is 12.2. The third kappa shape index (κ3) is 2.44. The Kier molecular flexibility index (Phi) is 3.39.